The molecule has 22 heavy (non-hydrogen) atoms. The van der Waals surface area contributed by atoms with Gasteiger partial charge in [0.05, 0.1) is 0 Å². The molecule has 1 aliphatic heterocycles. The van der Waals surface area contributed by atoms with Crippen molar-refractivity contribution in [2.45, 2.75) is 19.3 Å². The molecule has 1 aromatic carbocycles. The third-order valence-corrected chi connectivity index (χ3v) is 4.62. The van der Waals surface area contributed by atoms with E-state index in [0.717, 1.165) is 54.7 Å². The molecule has 4 heteroatoms. The highest BCUT2D eigenvalue weighted by atomic mass is 16.2. The van der Waals surface area contributed by atoms with Gasteiger partial charge in [0.25, 0.3) is 5.91 Å². The predicted octanol–water partition coefficient (Wildman–Crippen LogP) is 2.70. The van der Waals surface area contributed by atoms with Crippen LogP contribution in [0.25, 0.3) is 10.8 Å². The number of carbonyl (C=O) groups excluding carboxylic acids is 1. The van der Waals surface area contributed by atoms with Crippen molar-refractivity contribution in [1.82, 2.24) is 15.2 Å². The van der Waals surface area contributed by atoms with Gasteiger partial charge in [-0.25, -0.2) is 0 Å². The van der Waals surface area contributed by atoms with Crippen LogP contribution in [0.4, 0.5) is 0 Å². The Morgan fingerprint density at radius 1 is 1.32 bits per heavy atom. The first-order valence-corrected chi connectivity index (χ1v) is 8.06. The van der Waals surface area contributed by atoms with E-state index in [0.29, 0.717) is 0 Å². The topological polar surface area (TPSA) is 45.2 Å². The van der Waals surface area contributed by atoms with Crippen molar-refractivity contribution in [1.29, 1.82) is 0 Å². The van der Waals surface area contributed by atoms with E-state index < -0.39 is 0 Å². The number of aromatic nitrogens is 1. The van der Waals surface area contributed by atoms with Gasteiger partial charge < -0.3 is 10.2 Å². The summed E-state index contributed by atoms with van der Waals surface area (Å²) in [6, 6.07) is 7.81. The number of piperidine rings is 1. The number of hydrogen-bond acceptors (Lipinski definition) is 3. The molecule has 116 valence electrons. The van der Waals surface area contributed by atoms with Crippen molar-refractivity contribution in [2.75, 3.05) is 26.7 Å². The summed E-state index contributed by atoms with van der Waals surface area (Å²) in [7, 11) is 1.99. The Labute approximate surface area is 131 Å². The summed E-state index contributed by atoms with van der Waals surface area (Å²) in [5.41, 5.74) is 0.800. The van der Waals surface area contributed by atoms with E-state index >= 15 is 0 Å². The summed E-state index contributed by atoms with van der Waals surface area (Å²) in [4.78, 5) is 19.0. The van der Waals surface area contributed by atoms with Gasteiger partial charge in [-0.2, -0.15) is 0 Å². The molecule has 0 aliphatic carbocycles. The SMILES string of the molecule is CNCCC1CCN(C(=O)c2cccc3cnccc23)CC1. The minimum absolute atomic E-state index is 0.156. The second kappa shape index (κ2) is 6.88. The fourth-order valence-electron chi connectivity index (χ4n) is 3.25. The molecule has 1 saturated heterocycles. The van der Waals surface area contributed by atoms with Crippen LogP contribution in [0.1, 0.15) is 29.6 Å². The number of rotatable bonds is 4. The Morgan fingerprint density at radius 2 is 2.14 bits per heavy atom. The Balaban J connectivity index is 1.72. The number of pyridine rings is 1. The Hall–Kier alpha value is -1.94. The molecule has 3 rings (SSSR count). The normalized spacial score (nSPS) is 16.1. The molecule has 2 heterocycles. The molecule has 0 saturated carbocycles. The summed E-state index contributed by atoms with van der Waals surface area (Å²) in [5, 5.41) is 5.23. The molecular formula is C18H23N3O. The second-order valence-electron chi connectivity index (χ2n) is 6.03. The van der Waals surface area contributed by atoms with Crippen LogP contribution in [0.5, 0.6) is 0 Å². The summed E-state index contributed by atoms with van der Waals surface area (Å²) < 4.78 is 0. The Morgan fingerprint density at radius 3 is 2.91 bits per heavy atom. The van der Waals surface area contributed by atoms with E-state index in [1.165, 1.54) is 6.42 Å². The lowest BCUT2D eigenvalue weighted by Crippen LogP contribution is -2.39. The largest absolute Gasteiger partial charge is 0.339 e. The van der Waals surface area contributed by atoms with Crippen LogP contribution in [0, 0.1) is 5.92 Å². The van der Waals surface area contributed by atoms with Gasteiger partial charge in [0.1, 0.15) is 0 Å². The van der Waals surface area contributed by atoms with Crippen LogP contribution < -0.4 is 5.32 Å². The number of likely N-dealkylation sites (tertiary alicyclic amines) is 1. The van der Waals surface area contributed by atoms with Gasteiger partial charge in [-0.05, 0) is 56.3 Å². The lowest BCUT2D eigenvalue weighted by molar-refractivity contribution is 0.0689. The van der Waals surface area contributed by atoms with Gasteiger partial charge in [0, 0.05) is 36.4 Å². The molecule has 0 unspecified atom stereocenters. The molecule has 1 amide bonds. The third kappa shape index (κ3) is 3.12. The summed E-state index contributed by atoms with van der Waals surface area (Å²) in [5.74, 6) is 0.900. The molecule has 0 atom stereocenters. The summed E-state index contributed by atoms with van der Waals surface area (Å²) in [6.07, 6.45) is 7.00. The number of hydrogen-bond donors (Lipinski definition) is 1. The molecule has 4 nitrogen and oxygen atoms in total. The highest BCUT2D eigenvalue weighted by molar-refractivity contribution is 6.06. The number of fused-ring (bicyclic) bond motifs is 1. The van der Waals surface area contributed by atoms with Crippen molar-refractivity contribution in [3.8, 4) is 0 Å². The van der Waals surface area contributed by atoms with Crippen molar-refractivity contribution in [2.24, 2.45) is 5.92 Å². The van der Waals surface area contributed by atoms with Gasteiger partial charge in [-0.3, -0.25) is 9.78 Å². The van der Waals surface area contributed by atoms with Gasteiger partial charge in [-0.15, -0.1) is 0 Å². The van der Waals surface area contributed by atoms with Crippen LogP contribution in [0.3, 0.4) is 0 Å². The van der Waals surface area contributed by atoms with Gasteiger partial charge in [-0.1, -0.05) is 12.1 Å². The lowest BCUT2D eigenvalue weighted by Gasteiger charge is -2.32. The molecule has 1 N–H and O–H groups in total. The number of benzene rings is 1. The summed E-state index contributed by atoms with van der Waals surface area (Å²) in [6.45, 7) is 2.80. The van der Waals surface area contributed by atoms with E-state index in [4.69, 9.17) is 0 Å². The second-order valence-corrected chi connectivity index (χ2v) is 6.03. The first-order valence-electron chi connectivity index (χ1n) is 8.06. The minimum Gasteiger partial charge on any atom is -0.339 e. The fourth-order valence-corrected chi connectivity index (χ4v) is 3.25. The van der Waals surface area contributed by atoms with Crippen LogP contribution in [0.2, 0.25) is 0 Å². The zero-order chi connectivity index (χ0) is 15.4. The first-order chi connectivity index (χ1) is 10.8. The molecule has 0 bridgehead atoms. The van der Waals surface area contributed by atoms with Crippen LogP contribution in [-0.2, 0) is 0 Å². The van der Waals surface area contributed by atoms with Crippen LogP contribution in [-0.4, -0.2) is 42.5 Å². The van der Waals surface area contributed by atoms with E-state index in [1.54, 1.807) is 6.20 Å². The van der Waals surface area contributed by atoms with Crippen molar-refractivity contribution < 1.29 is 4.79 Å². The molecule has 2 aromatic rings. The fraction of sp³-hybridized carbons (Fsp3) is 0.444. The predicted molar refractivity (Wildman–Crippen MR) is 88.9 cm³/mol. The lowest BCUT2D eigenvalue weighted by atomic mass is 9.93. The van der Waals surface area contributed by atoms with Crippen molar-refractivity contribution >= 4 is 16.7 Å². The van der Waals surface area contributed by atoms with E-state index in [2.05, 4.69) is 10.3 Å². The molecule has 0 spiro atoms. The van der Waals surface area contributed by atoms with Gasteiger partial charge in [0.2, 0.25) is 0 Å². The molecular weight excluding hydrogens is 274 g/mol. The van der Waals surface area contributed by atoms with E-state index in [1.807, 2.05) is 42.4 Å². The Kier molecular flexibility index (Phi) is 4.68. The number of nitrogens with zero attached hydrogens (tertiary/aromatic N) is 2. The highest BCUT2D eigenvalue weighted by Gasteiger charge is 2.24. The smallest absolute Gasteiger partial charge is 0.254 e. The Bertz CT molecular complexity index is 642. The number of carbonyl (C=O) groups is 1. The molecule has 1 aromatic heterocycles. The highest BCUT2D eigenvalue weighted by Crippen LogP contribution is 2.24. The number of nitrogens with one attached hydrogen (secondary N) is 1. The molecule has 1 aliphatic rings. The van der Waals surface area contributed by atoms with E-state index in [-0.39, 0.29) is 5.91 Å². The molecule has 0 radical (unpaired) electrons. The quantitative estimate of drug-likeness (QED) is 0.943. The monoisotopic (exact) mass is 297 g/mol. The first kappa shape index (κ1) is 15.0. The molecule has 1 fully saturated rings. The van der Waals surface area contributed by atoms with Gasteiger partial charge >= 0.3 is 0 Å². The minimum atomic E-state index is 0.156. The van der Waals surface area contributed by atoms with Crippen molar-refractivity contribution in [3.05, 3.63) is 42.2 Å². The zero-order valence-corrected chi connectivity index (χ0v) is 13.1. The maximum absolute atomic E-state index is 12.8. The zero-order valence-electron chi connectivity index (χ0n) is 13.1. The standard InChI is InChI=1S/C18H23N3O/c1-19-9-5-14-7-11-21(12-8-14)18(22)17-4-2-3-15-13-20-10-6-16(15)17/h2-4,6,10,13-14,19H,5,7-9,11-12H2,1H3. The average Bonchev–Trinajstić information content (AvgIpc) is 2.59. The average molecular weight is 297 g/mol. The summed E-state index contributed by atoms with van der Waals surface area (Å²) >= 11 is 0. The van der Waals surface area contributed by atoms with Gasteiger partial charge in [0.15, 0.2) is 0 Å². The van der Waals surface area contributed by atoms with Crippen LogP contribution in [0.15, 0.2) is 36.7 Å². The maximum Gasteiger partial charge on any atom is 0.254 e. The van der Waals surface area contributed by atoms with Crippen LogP contribution >= 0.6 is 0 Å². The van der Waals surface area contributed by atoms with E-state index in [9.17, 15) is 4.79 Å². The third-order valence-electron chi connectivity index (χ3n) is 4.62. The number of amides is 1. The maximum atomic E-state index is 12.8. The van der Waals surface area contributed by atoms with Crippen molar-refractivity contribution in [3.63, 3.8) is 0 Å².